The van der Waals surface area contributed by atoms with E-state index in [0.717, 1.165) is 43.2 Å². The zero-order valence-electron chi connectivity index (χ0n) is 15.2. The molecule has 0 bridgehead atoms. The van der Waals surface area contributed by atoms with Gasteiger partial charge in [0, 0.05) is 23.7 Å². The normalized spacial score (nSPS) is 14.8. The first-order chi connectivity index (χ1) is 13.2. The number of thioether (sulfide) groups is 1. The molecule has 0 aliphatic carbocycles. The SMILES string of the molecule is CC(Sc1nncn1CCc1cccs1)C(=O)N1CCCc2ccccc21. The maximum atomic E-state index is 13.1. The van der Waals surface area contributed by atoms with E-state index >= 15 is 0 Å². The summed E-state index contributed by atoms with van der Waals surface area (Å²) >= 11 is 3.25. The highest BCUT2D eigenvalue weighted by Crippen LogP contribution is 2.30. The molecule has 7 heteroatoms. The molecule has 2 aromatic heterocycles. The maximum absolute atomic E-state index is 13.1. The van der Waals surface area contributed by atoms with Crippen LogP contribution >= 0.6 is 23.1 Å². The summed E-state index contributed by atoms with van der Waals surface area (Å²) in [5.41, 5.74) is 2.31. The van der Waals surface area contributed by atoms with Crippen LogP contribution in [0, 0.1) is 0 Å². The van der Waals surface area contributed by atoms with Gasteiger partial charge in [0.25, 0.3) is 0 Å². The molecule has 0 saturated heterocycles. The van der Waals surface area contributed by atoms with E-state index in [9.17, 15) is 4.79 Å². The highest BCUT2D eigenvalue weighted by Gasteiger charge is 2.27. The molecule has 3 heterocycles. The lowest BCUT2D eigenvalue weighted by Crippen LogP contribution is -2.40. The van der Waals surface area contributed by atoms with Gasteiger partial charge >= 0.3 is 0 Å². The third kappa shape index (κ3) is 4.09. The Morgan fingerprint density at radius 1 is 1.30 bits per heavy atom. The van der Waals surface area contributed by atoms with Crippen LogP contribution in [0.5, 0.6) is 0 Å². The standard InChI is InChI=1S/C20H22N4OS2/c1-15(19(25)24-11-4-7-16-6-2-3-9-18(16)24)27-20-22-21-14-23(20)12-10-17-8-5-13-26-17/h2-3,5-6,8-9,13-15H,4,7,10-12H2,1H3. The van der Waals surface area contributed by atoms with Crippen LogP contribution in [0.1, 0.15) is 23.8 Å². The molecule has 1 unspecified atom stereocenters. The summed E-state index contributed by atoms with van der Waals surface area (Å²) in [4.78, 5) is 16.4. The number of carbonyl (C=O) groups is 1. The van der Waals surface area contributed by atoms with Gasteiger partial charge in [-0.3, -0.25) is 4.79 Å². The maximum Gasteiger partial charge on any atom is 0.240 e. The number of para-hydroxylation sites is 1. The number of hydrogen-bond acceptors (Lipinski definition) is 5. The number of rotatable bonds is 6. The van der Waals surface area contributed by atoms with Gasteiger partial charge in [0.15, 0.2) is 5.16 Å². The molecule has 1 aliphatic rings. The predicted molar refractivity (Wildman–Crippen MR) is 110 cm³/mol. The van der Waals surface area contributed by atoms with E-state index < -0.39 is 0 Å². The summed E-state index contributed by atoms with van der Waals surface area (Å²) in [7, 11) is 0. The Morgan fingerprint density at radius 3 is 3.04 bits per heavy atom. The molecule has 0 fully saturated rings. The highest BCUT2D eigenvalue weighted by molar-refractivity contribution is 8.00. The van der Waals surface area contributed by atoms with Crippen LogP contribution in [0.3, 0.4) is 0 Å². The lowest BCUT2D eigenvalue weighted by molar-refractivity contribution is -0.117. The van der Waals surface area contributed by atoms with Gasteiger partial charge in [-0.2, -0.15) is 0 Å². The second-order valence-corrected chi connectivity index (χ2v) is 8.96. The number of amides is 1. The van der Waals surface area contributed by atoms with Crippen LogP contribution < -0.4 is 4.90 Å². The van der Waals surface area contributed by atoms with Crippen molar-refractivity contribution in [3.8, 4) is 0 Å². The van der Waals surface area contributed by atoms with Crippen LogP contribution in [-0.4, -0.2) is 32.5 Å². The fraction of sp³-hybridized carbons (Fsp3) is 0.350. The van der Waals surface area contributed by atoms with E-state index in [1.165, 1.54) is 22.2 Å². The first-order valence-electron chi connectivity index (χ1n) is 9.18. The average Bonchev–Trinajstić information content (AvgIpc) is 3.37. The number of thiophene rings is 1. The number of fused-ring (bicyclic) bond motifs is 1. The van der Waals surface area contributed by atoms with Crippen molar-refractivity contribution in [2.45, 2.75) is 43.1 Å². The third-order valence-electron chi connectivity index (χ3n) is 4.77. The van der Waals surface area contributed by atoms with E-state index in [0.29, 0.717) is 0 Å². The van der Waals surface area contributed by atoms with Crippen molar-refractivity contribution in [1.29, 1.82) is 0 Å². The van der Waals surface area contributed by atoms with E-state index in [1.807, 2.05) is 34.6 Å². The molecule has 0 N–H and O–H groups in total. The second-order valence-electron chi connectivity index (χ2n) is 6.62. The largest absolute Gasteiger partial charge is 0.311 e. The summed E-state index contributed by atoms with van der Waals surface area (Å²) in [6.45, 7) is 3.57. The lowest BCUT2D eigenvalue weighted by atomic mass is 10.0. The van der Waals surface area contributed by atoms with Gasteiger partial charge in [-0.25, -0.2) is 0 Å². The fourth-order valence-corrected chi connectivity index (χ4v) is 4.98. The van der Waals surface area contributed by atoms with Crippen molar-refractivity contribution in [3.05, 3.63) is 58.5 Å². The van der Waals surface area contributed by atoms with Gasteiger partial charge in [-0.05, 0) is 49.3 Å². The summed E-state index contributed by atoms with van der Waals surface area (Å²) in [5.74, 6) is 0.139. The molecule has 4 rings (SSSR count). The summed E-state index contributed by atoms with van der Waals surface area (Å²) in [5, 5.41) is 11.0. The van der Waals surface area contributed by atoms with Gasteiger partial charge in [0.1, 0.15) is 6.33 Å². The second kappa shape index (κ2) is 8.27. The number of hydrogen-bond donors (Lipinski definition) is 0. The summed E-state index contributed by atoms with van der Waals surface area (Å²) in [6.07, 6.45) is 4.75. The first kappa shape index (κ1) is 18.3. The van der Waals surface area contributed by atoms with Crippen molar-refractivity contribution in [1.82, 2.24) is 14.8 Å². The summed E-state index contributed by atoms with van der Waals surface area (Å²) in [6, 6.07) is 12.4. The monoisotopic (exact) mass is 398 g/mol. The van der Waals surface area contributed by atoms with Gasteiger partial charge < -0.3 is 9.47 Å². The van der Waals surface area contributed by atoms with E-state index in [-0.39, 0.29) is 11.2 Å². The third-order valence-corrected chi connectivity index (χ3v) is 6.78. The lowest BCUT2D eigenvalue weighted by Gasteiger charge is -2.31. The topological polar surface area (TPSA) is 51.0 Å². The van der Waals surface area contributed by atoms with E-state index in [1.54, 1.807) is 17.7 Å². The molecule has 1 aliphatic heterocycles. The van der Waals surface area contributed by atoms with Crippen LogP contribution in [0.25, 0.3) is 0 Å². The van der Waals surface area contributed by atoms with Crippen molar-refractivity contribution < 1.29 is 4.79 Å². The molecule has 1 aromatic carbocycles. The molecule has 1 atom stereocenters. The number of benzene rings is 1. The highest BCUT2D eigenvalue weighted by atomic mass is 32.2. The quantitative estimate of drug-likeness (QED) is 0.588. The Morgan fingerprint density at radius 2 is 2.19 bits per heavy atom. The van der Waals surface area contributed by atoms with E-state index in [2.05, 4.69) is 33.8 Å². The van der Waals surface area contributed by atoms with Crippen LogP contribution in [-0.2, 0) is 24.2 Å². The summed E-state index contributed by atoms with van der Waals surface area (Å²) < 4.78 is 2.04. The number of aromatic nitrogens is 3. The minimum atomic E-state index is -0.208. The number of carbonyl (C=O) groups excluding carboxylic acids is 1. The Bertz CT molecular complexity index is 906. The molecule has 27 heavy (non-hydrogen) atoms. The molecule has 0 spiro atoms. The number of anilines is 1. The molecule has 1 amide bonds. The van der Waals surface area contributed by atoms with Gasteiger partial charge in [0.2, 0.25) is 5.91 Å². The van der Waals surface area contributed by atoms with Gasteiger partial charge in [-0.1, -0.05) is 36.0 Å². The van der Waals surface area contributed by atoms with Crippen molar-refractivity contribution in [2.75, 3.05) is 11.4 Å². The molecular weight excluding hydrogens is 376 g/mol. The number of aryl methyl sites for hydroxylation is 3. The Kier molecular flexibility index (Phi) is 5.59. The molecule has 0 saturated carbocycles. The van der Waals surface area contributed by atoms with Gasteiger partial charge in [0.05, 0.1) is 5.25 Å². The van der Waals surface area contributed by atoms with Crippen molar-refractivity contribution in [2.24, 2.45) is 0 Å². The smallest absolute Gasteiger partial charge is 0.240 e. The average molecular weight is 399 g/mol. The van der Waals surface area contributed by atoms with Crippen LogP contribution in [0.4, 0.5) is 5.69 Å². The zero-order valence-corrected chi connectivity index (χ0v) is 16.9. The fourth-order valence-electron chi connectivity index (χ4n) is 3.37. The van der Waals surface area contributed by atoms with Crippen molar-refractivity contribution in [3.63, 3.8) is 0 Å². The Labute approximate surface area is 167 Å². The molecule has 5 nitrogen and oxygen atoms in total. The van der Waals surface area contributed by atoms with E-state index in [4.69, 9.17) is 0 Å². The minimum absolute atomic E-state index is 0.139. The molecule has 140 valence electrons. The molecular formula is C20H22N4OS2. The zero-order chi connectivity index (χ0) is 18.6. The molecule has 0 radical (unpaired) electrons. The predicted octanol–water partition coefficient (Wildman–Crippen LogP) is 4.04. The number of nitrogens with zero attached hydrogens (tertiary/aromatic N) is 4. The first-order valence-corrected chi connectivity index (χ1v) is 10.9. The van der Waals surface area contributed by atoms with Gasteiger partial charge in [-0.15, -0.1) is 21.5 Å². The van der Waals surface area contributed by atoms with Crippen molar-refractivity contribution >= 4 is 34.7 Å². The Hall–Kier alpha value is -2.12. The molecule has 3 aromatic rings. The minimum Gasteiger partial charge on any atom is -0.311 e. The van der Waals surface area contributed by atoms with Crippen LogP contribution in [0.15, 0.2) is 53.3 Å². The van der Waals surface area contributed by atoms with Crippen LogP contribution in [0.2, 0.25) is 0 Å². The Balaban J connectivity index is 1.43.